The molecular formula is C17H15FN2O3. The third kappa shape index (κ3) is 6.01. The number of hydrogen-bond donors (Lipinski definition) is 2. The minimum atomic E-state index is -0.512. The molecule has 6 heteroatoms. The van der Waals surface area contributed by atoms with Crippen LogP contribution in [-0.2, 0) is 9.59 Å². The molecule has 0 radical (unpaired) electrons. The van der Waals surface area contributed by atoms with E-state index in [9.17, 15) is 14.0 Å². The van der Waals surface area contributed by atoms with Crippen molar-refractivity contribution in [2.45, 2.75) is 0 Å². The first-order chi connectivity index (χ1) is 11.1. The molecule has 0 bridgehead atoms. The summed E-state index contributed by atoms with van der Waals surface area (Å²) in [5.74, 6) is -0.790. The van der Waals surface area contributed by atoms with Gasteiger partial charge in [0.1, 0.15) is 11.6 Å². The molecule has 0 aliphatic rings. The van der Waals surface area contributed by atoms with Crippen molar-refractivity contribution in [2.75, 3.05) is 6.61 Å². The van der Waals surface area contributed by atoms with Crippen LogP contribution in [0.2, 0.25) is 0 Å². The lowest BCUT2D eigenvalue weighted by Gasteiger charge is -2.07. The lowest BCUT2D eigenvalue weighted by Crippen LogP contribution is -2.43. The van der Waals surface area contributed by atoms with Crippen molar-refractivity contribution in [1.29, 1.82) is 0 Å². The van der Waals surface area contributed by atoms with Crippen LogP contribution in [0.25, 0.3) is 6.08 Å². The number of hydrazine groups is 1. The molecular weight excluding hydrogens is 299 g/mol. The summed E-state index contributed by atoms with van der Waals surface area (Å²) in [6.07, 6.45) is 2.73. The first kappa shape index (κ1) is 16.2. The molecule has 0 fully saturated rings. The molecule has 2 aromatic carbocycles. The second kappa shape index (κ2) is 8.33. The zero-order valence-corrected chi connectivity index (χ0v) is 12.2. The smallest absolute Gasteiger partial charge is 0.276 e. The number of hydrogen-bond acceptors (Lipinski definition) is 3. The van der Waals surface area contributed by atoms with Gasteiger partial charge in [0.15, 0.2) is 6.61 Å². The van der Waals surface area contributed by atoms with Gasteiger partial charge in [-0.15, -0.1) is 0 Å². The van der Waals surface area contributed by atoms with Gasteiger partial charge >= 0.3 is 0 Å². The minimum Gasteiger partial charge on any atom is -0.484 e. The Bertz CT molecular complexity index is 685. The summed E-state index contributed by atoms with van der Waals surface area (Å²) in [4.78, 5) is 23.1. The maximum Gasteiger partial charge on any atom is 0.276 e. The van der Waals surface area contributed by atoms with E-state index in [0.29, 0.717) is 11.3 Å². The number of benzene rings is 2. The highest BCUT2D eigenvalue weighted by Crippen LogP contribution is 2.07. The molecule has 0 aliphatic carbocycles. The molecule has 23 heavy (non-hydrogen) atoms. The molecule has 0 saturated heterocycles. The molecule has 118 valence electrons. The zero-order chi connectivity index (χ0) is 16.5. The number of ether oxygens (including phenoxy) is 1. The van der Waals surface area contributed by atoms with E-state index in [1.165, 1.54) is 36.4 Å². The van der Waals surface area contributed by atoms with E-state index in [1.54, 1.807) is 24.3 Å². The van der Waals surface area contributed by atoms with Gasteiger partial charge in [0, 0.05) is 6.08 Å². The Kier molecular flexibility index (Phi) is 5.88. The van der Waals surface area contributed by atoms with Crippen molar-refractivity contribution in [3.05, 3.63) is 72.1 Å². The fraction of sp³-hybridized carbons (Fsp3) is 0.0588. The van der Waals surface area contributed by atoms with Crippen LogP contribution in [0.3, 0.4) is 0 Å². The molecule has 0 unspecified atom stereocenters. The highest BCUT2D eigenvalue weighted by molar-refractivity contribution is 5.93. The Morgan fingerprint density at radius 3 is 2.39 bits per heavy atom. The van der Waals surface area contributed by atoms with Gasteiger partial charge in [-0.25, -0.2) is 4.39 Å². The summed E-state index contributed by atoms with van der Waals surface area (Å²) in [5.41, 5.74) is 5.11. The van der Waals surface area contributed by atoms with Crippen molar-refractivity contribution in [1.82, 2.24) is 10.9 Å². The van der Waals surface area contributed by atoms with Crippen LogP contribution >= 0.6 is 0 Å². The Morgan fingerprint density at radius 1 is 1.00 bits per heavy atom. The Balaban J connectivity index is 1.71. The minimum absolute atomic E-state index is 0.216. The van der Waals surface area contributed by atoms with E-state index in [2.05, 4.69) is 10.9 Å². The number of halogens is 1. The summed E-state index contributed by atoms with van der Waals surface area (Å²) in [5, 5.41) is 0. The van der Waals surface area contributed by atoms with Crippen LogP contribution in [0, 0.1) is 5.82 Å². The molecule has 2 aromatic rings. The molecule has 0 saturated carbocycles. The second-order valence-corrected chi connectivity index (χ2v) is 4.52. The summed E-state index contributed by atoms with van der Waals surface area (Å²) >= 11 is 0. The van der Waals surface area contributed by atoms with Crippen LogP contribution in [0.1, 0.15) is 5.56 Å². The molecule has 0 spiro atoms. The summed E-state index contributed by atoms with van der Waals surface area (Å²) < 4.78 is 18.0. The molecule has 0 atom stereocenters. The number of rotatable bonds is 5. The normalized spacial score (nSPS) is 10.3. The topological polar surface area (TPSA) is 67.4 Å². The largest absolute Gasteiger partial charge is 0.484 e. The predicted molar refractivity (Wildman–Crippen MR) is 83.7 cm³/mol. The van der Waals surface area contributed by atoms with Crippen molar-refractivity contribution in [3.63, 3.8) is 0 Å². The summed E-state index contributed by atoms with van der Waals surface area (Å²) in [7, 11) is 0. The van der Waals surface area contributed by atoms with Gasteiger partial charge in [0.05, 0.1) is 0 Å². The van der Waals surface area contributed by atoms with Gasteiger partial charge in [0.2, 0.25) is 0 Å². The molecule has 2 amide bonds. The third-order valence-electron chi connectivity index (χ3n) is 2.74. The van der Waals surface area contributed by atoms with E-state index in [1.807, 2.05) is 6.07 Å². The molecule has 0 aromatic heterocycles. The highest BCUT2D eigenvalue weighted by Gasteiger charge is 2.03. The SMILES string of the molecule is O=C(C=Cc1ccc(F)cc1)NNC(=O)COc1ccccc1. The van der Waals surface area contributed by atoms with Gasteiger partial charge in [-0.05, 0) is 35.9 Å². The maximum absolute atomic E-state index is 12.7. The second-order valence-electron chi connectivity index (χ2n) is 4.52. The number of para-hydroxylation sites is 1. The maximum atomic E-state index is 12.7. The lowest BCUT2D eigenvalue weighted by atomic mass is 10.2. The van der Waals surface area contributed by atoms with Crippen molar-refractivity contribution < 1.29 is 18.7 Å². The van der Waals surface area contributed by atoms with Gasteiger partial charge in [-0.1, -0.05) is 30.3 Å². The highest BCUT2D eigenvalue weighted by atomic mass is 19.1. The van der Waals surface area contributed by atoms with Gasteiger partial charge in [-0.2, -0.15) is 0 Å². The van der Waals surface area contributed by atoms with Gasteiger partial charge in [-0.3, -0.25) is 20.4 Å². The first-order valence-corrected chi connectivity index (χ1v) is 6.84. The number of carbonyl (C=O) groups excluding carboxylic acids is 2. The zero-order valence-electron chi connectivity index (χ0n) is 12.2. The molecule has 2 N–H and O–H groups in total. The summed E-state index contributed by atoms with van der Waals surface area (Å²) in [6, 6.07) is 14.5. The van der Waals surface area contributed by atoms with Crippen molar-refractivity contribution in [2.24, 2.45) is 0 Å². The Hall–Kier alpha value is -3.15. The number of amides is 2. The van der Waals surface area contributed by atoms with E-state index in [4.69, 9.17) is 4.74 Å². The average Bonchev–Trinajstić information content (AvgIpc) is 2.58. The van der Waals surface area contributed by atoms with Crippen LogP contribution in [0.15, 0.2) is 60.7 Å². The Morgan fingerprint density at radius 2 is 1.70 bits per heavy atom. The number of nitrogens with one attached hydrogen (secondary N) is 2. The average molecular weight is 314 g/mol. The predicted octanol–water partition coefficient (Wildman–Crippen LogP) is 2.07. The van der Waals surface area contributed by atoms with Crippen LogP contribution in [0.4, 0.5) is 4.39 Å². The third-order valence-corrected chi connectivity index (χ3v) is 2.74. The standard InChI is InChI=1S/C17H15FN2O3/c18-14-9-6-13(7-10-14)8-11-16(21)19-20-17(22)12-23-15-4-2-1-3-5-15/h1-11H,12H2,(H,19,21)(H,20,22). The van der Waals surface area contributed by atoms with Crippen LogP contribution in [0.5, 0.6) is 5.75 Å². The van der Waals surface area contributed by atoms with E-state index >= 15 is 0 Å². The van der Waals surface area contributed by atoms with E-state index < -0.39 is 11.8 Å². The monoisotopic (exact) mass is 314 g/mol. The number of carbonyl (C=O) groups is 2. The fourth-order valence-corrected chi connectivity index (χ4v) is 1.62. The van der Waals surface area contributed by atoms with E-state index in [-0.39, 0.29) is 12.4 Å². The van der Waals surface area contributed by atoms with Crippen LogP contribution in [-0.4, -0.2) is 18.4 Å². The quantitative estimate of drug-likeness (QED) is 0.656. The molecule has 5 nitrogen and oxygen atoms in total. The fourth-order valence-electron chi connectivity index (χ4n) is 1.62. The van der Waals surface area contributed by atoms with Gasteiger partial charge < -0.3 is 4.74 Å². The molecule has 0 heterocycles. The Labute approximate surface area is 132 Å². The van der Waals surface area contributed by atoms with Crippen LogP contribution < -0.4 is 15.6 Å². The molecule has 2 rings (SSSR count). The van der Waals surface area contributed by atoms with Gasteiger partial charge in [0.25, 0.3) is 11.8 Å². The summed E-state index contributed by atoms with van der Waals surface area (Å²) in [6.45, 7) is -0.216. The molecule has 0 aliphatic heterocycles. The van der Waals surface area contributed by atoms with Crippen molar-refractivity contribution in [3.8, 4) is 5.75 Å². The van der Waals surface area contributed by atoms with E-state index in [0.717, 1.165) is 0 Å². The first-order valence-electron chi connectivity index (χ1n) is 6.84. The van der Waals surface area contributed by atoms with Crippen molar-refractivity contribution >= 4 is 17.9 Å². The lowest BCUT2D eigenvalue weighted by molar-refractivity contribution is -0.128.